The Bertz CT molecular complexity index is 432. The quantitative estimate of drug-likeness (QED) is 0.902. The van der Waals surface area contributed by atoms with Crippen molar-refractivity contribution >= 4 is 0 Å². The molecule has 0 saturated heterocycles. The van der Waals surface area contributed by atoms with Crippen molar-refractivity contribution in [2.75, 3.05) is 6.61 Å². The van der Waals surface area contributed by atoms with Crippen LogP contribution in [0, 0.1) is 23.2 Å². The first-order valence-corrected chi connectivity index (χ1v) is 7.74. The summed E-state index contributed by atoms with van der Waals surface area (Å²) >= 11 is 0. The number of aliphatic hydroxyl groups is 1. The summed E-state index contributed by atoms with van der Waals surface area (Å²) in [6.45, 7) is 1.21. The zero-order chi connectivity index (χ0) is 12.9. The van der Waals surface area contributed by atoms with E-state index >= 15 is 0 Å². The van der Waals surface area contributed by atoms with Gasteiger partial charge >= 0.3 is 0 Å². The second-order valence-electron chi connectivity index (χ2n) is 7.30. The Labute approximate surface area is 114 Å². The Hall–Kier alpha value is -0.900. The van der Waals surface area contributed by atoms with E-state index < -0.39 is 0 Å². The number of aliphatic hydroxyl groups excluding tert-OH is 1. The lowest BCUT2D eigenvalue weighted by Gasteiger charge is -2.56. The summed E-state index contributed by atoms with van der Waals surface area (Å²) in [7, 11) is 0. The van der Waals surface area contributed by atoms with Gasteiger partial charge in [0.05, 0.1) is 5.69 Å². The van der Waals surface area contributed by atoms with Crippen molar-refractivity contribution in [1.82, 2.24) is 15.0 Å². The molecule has 0 spiro atoms. The minimum Gasteiger partial charge on any atom is -0.396 e. The fourth-order valence-corrected chi connectivity index (χ4v) is 5.47. The van der Waals surface area contributed by atoms with Crippen LogP contribution in [0.4, 0.5) is 0 Å². The highest BCUT2D eigenvalue weighted by atomic mass is 16.3. The first-order chi connectivity index (χ1) is 9.25. The lowest BCUT2D eigenvalue weighted by molar-refractivity contribution is -0.0637. The number of hydrogen-bond acceptors (Lipinski definition) is 3. The molecule has 0 aromatic carbocycles. The summed E-state index contributed by atoms with van der Waals surface area (Å²) in [6, 6.07) is 0. The summed E-state index contributed by atoms with van der Waals surface area (Å²) in [4.78, 5) is 0. The number of rotatable bonds is 4. The second-order valence-corrected chi connectivity index (χ2v) is 7.30. The standard InChI is InChI=1S/C15H23N3O/c19-2-1-14-9-18(17-16-14)10-15-6-11-3-12(7-15)5-13(4-11)8-15/h9,11-13,19H,1-8,10H2. The summed E-state index contributed by atoms with van der Waals surface area (Å²) in [6.07, 6.45) is 11.4. The van der Waals surface area contributed by atoms with Crippen molar-refractivity contribution < 1.29 is 5.11 Å². The van der Waals surface area contributed by atoms with Gasteiger partial charge in [-0.25, -0.2) is 0 Å². The monoisotopic (exact) mass is 261 g/mol. The average molecular weight is 261 g/mol. The molecule has 0 unspecified atom stereocenters. The molecule has 4 aliphatic carbocycles. The molecule has 4 aliphatic rings. The average Bonchev–Trinajstić information content (AvgIpc) is 2.74. The molecule has 4 bridgehead atoms. The Kier molecular flexibility index (Phi) is 2.69. The Morgan fingerprint density at radius 3 is 2.37 bits per heavy atom. The van der Waals surface area contributed by atoms with Gasteiger partial charge in [0.15, 0.2) is 0 Å². The highest BCUT2D eigenvalue weighted by molar-refractivity contribution is 5.02. The van der Waals surface area contributed by atoms with Crippen LogP contribution in [0.15, 0.2) is 6.20 Å². The molecule has 1 heterocycles. The SMILES string of the molecule is OCCc1cn(CC23CC4CC(CC(C4)C2)C3)nn1. The molecule has 0 amide bonds. The minimum absolute atomic E-state index is 0.163. The van der Waals surface area contributed by atoms with E-state index in [0.717, 1.165) is 30.0 Å². The van der Waals surface area contributed by atoms with E-state index in [1.54, 1.807) is 0 Å². The third kappa shape index (κ3) is 2.10. The fraction of sp³-hybridized carbons (Fsp3) is 0.867. The van der Waals surface area contributed by atoms with Gasteiger partial charge in [-0.3, -0.25) is 4.68 Å². The molecule has 19 heavy (non-hydrogen) atoms. The van der Waals surface area contributed by atoms with Crippen LogP contribution in [0.2, 0.25) is 0 Å². The molecule has 1 aromatic rings. The van der Waals surface area contributed by atoms with E-state index in [4.69, 9.17) is 5.11 Å². The molecular formula is C15H23N3O. The van der Waals surface area contributed by atoms with Crippen LogP contribution in [0.1, 0.15) is 44.2 Å². The lowest BCUT2D eigenvalue weighted by Crippen LogP contribution is -2.48. The zero-order valence-corrected chi connectivity index (χ0v) is 11.5. The third-order valence-electron chi connectivity index (χ3n) is 5.62. The first-order valence-electron chi connectivity index (χ1n) is 7.74. The molecule has 0 atom stereocenters. The molecule has 1 N–H and O–H groups in total. The first kappa shape index (κ1) is 11.9. The van der Waals surface area contributed by atoms with Crippen LogP contribution in [-0.4, -0.2) is 26.7 Å². The fourth-order valence-electron chi connectivity index (χ4n) is 5.47. The van der Waals surface area contributed by atoms with Gasteiger partial charge in [-0.15, -0.1) is 5.10 Å². The third-order valence-corrected chi connectivity index (χ3v) is 5.62. The Balaban J connectivity index is 1.52. The normalized spacial score (nSPS) is 39.9. The van der Waals surface area contributed by atoms with Gasteiger partial charge in [0, 0.05) is 25.8 Å². The van der Waals surface area contributed by atoms with Crippen molar-refractivity contribution in [2.24, 2.45) is 23.2 Å². The molecule has 5 rings (SSSR count). The van der Waals surface area contributed by atoms with Gasteiger partial charge in [-0.05, 0) is 61.7 Å². The predicted molar refractivity (Wildman–Crippen MR) is 71.4 cm³/mol. The largest absolute Gasteiger partial charge is 0.396 e. The van der Waals surface area contributed by atoms with Crippen LogP contribution in [-0.2, 0) is 13.0 Å². The van der Waals surface area contributed by atoms with Gasteiger partial charge in [0.2, 0.25) is 0 Å². The van der Waals surface area contributed by atoms with Gasteiger partial charge < -0.3 is 5.11 Å². The van der Waals surface area contributed by atoms with E-state index in [1.165, 1.54) is 38.5 Å². The van der Waals surface area contributed by atoms with Crippen LogP contribution in [0.25, 0.3) is 0 Å². The van der Waals surface area contributed by atoms with E-state index in [1.807, 2.05) is 10.9 Å². The summed E-state index contributed by atoms with van der Waals surface area (Å²) in [5.41, 5.74) is 1.44. The predicted octanol–water partition coefficient (Wildman–Crippen LogP) is 2.03. The molecule has 4 nitrogen and oxygen atoms in total. The minimum atomic E-state index is 0.163. The van der Waals surface area contributed by atoms with E-state index in [0.29, 0.717) is 11.8 Å². The van der Waals surface area contributed by atoms with E-state index in [9.17, 15) is 0 Å². The van der Waals surface area contributed by atoms with Crippen LogP contribution in [0.3, 0.4) is 0 Å². The molecule has 0 radical (unpaired) electrons. The summed E-state index contributed by atoms with van der Waals surface area (Å²) in [5, 5.41) is 17.4. The summed E-state index contributed by atoms with van der Waals surface area (Å²) < 4.78 is 2.04. The van der Waals surface area contributed by atoms with Crippen molar-refractivity contribution in [2.45, 2.75) is 51.5 Å². The molecule has 4 saturated carbocycles. The smallest absolute Gasteiger partial charge is 0.0849 e. The van der Waals surface area contributed by atoms with Crippen molar-refractivity contribution in [3.05, 3.63) is 11.9 Å². The Morgan fingerprint density at radius 1 is 1.16 bits per heavy atom. The highest BCUT2D eigenvalue weighted by Crippen LogP contribution is 2.60. The molecule has 0 aliphatic heterocycles. The summed E-state index contributed by atoms with van der Waals surface area (Å²) in [5.74, 6) is 2.98. The van der Waals surface area contributed by atoms with Crippen molar-refractivity contribution in [1.29, 1.82) is 0 Å². The maximum absolute atomic E-state index is 8.95. The van der Waals surface area contributed by atoms with Gasteiger partial charge in [-0.2, -0.15) is 0 Å². The lowest BCUT2D eigenvalue weighted by atomic mass is 9.49. The topological polar surface area (TPSA) is 50.9 Å². The Morgan fingerprint density at radius 2 is 1.79 bits per heavy atom. The van der Waals surface area contributed by atoms with Gasteiger partial charge in [-0.1, -0.05) is 5.21 Å². The molecule has 104 valence electrons. The molecule has 4 heteroatoms. The highest BCUT2D eigenvalue weighted by Gasteiger charge is 2.51. The maximum Gasteiger partial charge on any atom is 0.0849 e. The second kappa shape index (κ2) is 4.30. The van der Waals surface area contributed by atoms with Crippen molar-refractivity contribution in [3.63, 3.8) is 0 Å². The maximum atomic E-state index is 8.95. The van der Waals surface area contributed by atoms with E-state index in [-0.39, 0.29) is 6.61 Å². The molecular weight excluding hydrogens is 238 g/mol. The number of hydrogen-bond donors (Lipinski definition) is 1. The van der Waals surface area contributed by atoms with Crippen LogP contribution < -0.4 is 0 Å². The van der Waals surface area contributed by atoms with Crippen LogP contribution >= 0.6 is 0 Å². The zero-order valence-electron chi connectivity index (χ0n) is 11.5. The number of aromatic nitrogens is 3. The molecule has 4 fully saturated rings. The molecule has 1 aromatic heterocycles. The van der Waals surface area contributed by atoms with E-state index in [2.05, 4.69) is 10.3 Å². The van der Waals surface area contributed by atoms with Crippen LogP contribution in [0.5, 0.6) is 0 Å². The van der Waals surface area contributed by atoms with Crippen molar-refractivity contribution in [3.8, 4) is 0 Å². The van der Waals surface area contributed by atoms with Gasteiger partial charge in [0.1, 0.15) is 0 Å². The number of nitrogens with zero attached hydrogens (tertiary/aromatic N) is 3. The van der Waals surface area contributed by atoms with Gasteiger partial charge in [0.25, 0.3) is 0 Å².